The van der Waals surface area contributed by atoms with Gasteiger partial charge in [0.25, 0.3) is 5.91 Å². The second-order valence-electron chi connectivity index (χ2n) is 5.55. The first-order valence-corrected chi connectivity index (χ1v) is 7.69. The topological polar surface area (TPSA) is 54.0 Å². The number of hydrogen-bond donors (Lipinski definition) is 2. The predicted molar refractivity (Wildman–Crippen MR) is 93.0 cm³/mol. The van der Waals surface area contributed by atoms with Crippen molar-refractivity contribution >= 4 is 23.1 Å². The van der Waals surface area contributed by atoms with E-state index in [2.05, 4.69) is 15.6 Å². The molecule has 0 saturated carbocycles. The number of halogens is 3. The largest absolute Gasteiger partial charge is 0.352 e. The Kier molecular flexibility index (Phi) is 4.88. The molecule has 0 unspecified atom stereocenters. The first kappa shape index (κ1) is 17.5. The van der Waals surface area contributed by atoms with Crippen LogP contribution >= 0.6 is 0 Å². The number of aromatic nitrogens is 1. The number of carbonyl (C=O) groups excluding carboxylic acids is 1. The molecule has 2 aromatic carbocycles. The van der Waals surface area contributed by atoms with Crippen molar-refractivity contribution in [3.05, 3.63) is 83.3 Å². The van der Waals surface area contributed by atoms with Gasteiger partial charge in [-0.15, -0.1) is 0 Å². The lowest BCUT2D eigenvalue weighted by atomic mass is 10.1. The van der Waals surface area contributed by atoms with Crippen molar-refractivity contribution in [3.63, 3.8) is 0 Å². The van der Waals surface area contributed by atoms with Crippen molar-refractivity contribution in [1.82, 2.24) is 4.98 Å². The maximum atomic E-state index is 13.7. The number of carbonyl (C=O) groups is 1. The van der Waals surface area contributed by atoms with Crippen molar-refractivity contribution in [2.45, 2.75) is 6.92 Å². The molecule has 0 fully saturated rings. The Labute approximate surface area is 147 Å². The van der Waals surface area contributed by atoms with E-state index in [-0.39, 0.29) is 11.6 Å². The van der Waals surface area contributed by atoms with Gasteiger partial charge in [0.15, 0.2) is 17.5 Å². The fourth-order valence-electron chi connectivity index (χ4n) is 2.33. The molecule has 0 aliphatic heterocycles. The van der Waals surface area contributed by atoms with Gasteiger partial charge in [0, 0.05) is 5.56 Å². The Morgan fingerprint density at radius 3 is 2.42 bits per heavy atom. The van der Waals surface area contributed by atoms with Gasteiger partial charge < -0.3 is 10.6 Å². The number of rotatable bonds is 4. The molecule has 0 aliphatic carbocycles. The van der Waals surface area contributed by atoms with Crippen molar-refractivity contribution in [2.75, 3.05) is 10.6 Å². The van der Waals surface area contributed by atoms with Crippen molar-refractivity contribution in [1.29, 1.82) is 0 Å². The summed E-state index contributed by atoms with van der Waals surface area (Å²) >= 11 is 0. The van der Waals surface area contributed by atoms with E-state index in [9.17, 15) is 18.0 Å². The SMILES string of the molecule is Cc1ccccc1C(=O)Nc1ccc(Nc2ccc(F)c(F)c2F)cn1. The molecule has 2 N–H and O–H groups in total. The summed E-state index contributed by atoms with van der Waals surface area (Å²) in [6.07, 6.45) is 1.34. The van der Waals surface area contributed by atoms with Crippen LogP contribution < -0.4 is 10.6 Å². The number of nitrogens with zero attached hydrogens (tertiary/aromatic N) is 1. The van der Waals surface area contributed by atoms with Gasteiger partial charge in [0.2, 0.25) is 0 Å². The molecule has 3 aromatic rings. The van der Waals surface area contributed by atoms with Crippen LogP contribution in [0.2, 0.25) is 0 Å². The summed E-state index contributed by atoms with van der Waals surface area (Å²) in [5, 5.41) is 5.26. The van der Waals surface area contributed by atoms with E-state index in [1.807, 2.05) is 19.1 Å². The van der Waals surface area contributed by atoms with E-state index in [0.29, 0.717) is 17.1 Å². The second-order valence-corrected chi connectivity index (χ2v) is 5.55. The van der Waals surface area contributed by atoms with Crippen LogP contribution in [0.4, 0.5) is 30.4 Å². The molecule has 0 atom stereocenters. The van der Waals surface area contributed by atoms with E-state index in [0.717, 1.165) is 17.7 Å². The molecule has 7 heteroatoms. The van der Waals surface area contributed by atoms with E-state index < -0.39 is 17.5 Å². The van der Waals surface area contributed by atoms with Crippen LogP contribution in [0.25, 0.3) is 0 Å². The zero-order valence-electron chi connectivity index (χ0n) is 13.7. The molecule has 0 spiro atoms. The minimum atomic E-state index is -1.55. The van der Waals surface area contributed by atoms with Gasteiger partial charge in [-0.05, 0) is 42.8 Å². The molecule has 0 saturated heterocycles. The van der Waals surface area contributed by atoms with Crippen LogP contribution in [0, 0.1) is 24.4 Å². The predicted octanol–water partition coefficient (Wildman–Crippen LogP) is 4.80. The van der Waals surface area contributed by atoms with Gasteiger partial charge in [0.05, 0.1) is 17.6 Å². The molecular weight excluding hydrogens is 343 g/mol. The lowest BCUT2D eigenvalue weighted by Crippen LogP contribution is -2.14. The maximum absolute atomic E-state index is 13.7. The van der Waals surface area contributed by atoms with Gasteiger partial charge in [0.1, 0.15) is 5.82 Å². The fourth-order valence-corrected chi connectivity index (χ4v) is 2.33. The summed E-state index contributed by atoms with van der Waals surface area (Å²) in [5.41, 5.74) is 1.49. The van der Waals surface area contributed by atoms with Crippen LogP contribution in [0.15, 0.2) is 54.7 Å². The average Bonchev–Trinajstić information content (AvgIpc) is 2.64. The number of hydrogen-bond acceptors (Lipinski definition) is 3. The van der Waals surface area contributed by atoms with Gasteiger partial charge in [-0.3, -0.25) is 4.79 Å². The number of pyridine rings is 1. The summed E-state index contributed by atoms with van der Waals surface area (Å²) in [5.74, 6) is -4.13. The van der Waals surface area contributed by atoms with E-state index in [4.69, 9.17) is 0 Å². The quantitative estimate of drug-likeness (QED) is 0.659. The number of aryl methyl sites for hydroxylation is 1. The molecule has 26 heavy (non-hydrogen) atoms. The monoisotopic (exact) mass is 357 g/mol. The summed E-state index contributed by atoms with van der Waals surface area (Å²) < 4.78 is 39.9. The first-order valence-electron chi connectivity index (χ1n) is 7.69. The highest BCUT2D eigenvalue weighted by molar-refractivity contribution is 6.04. The molecule has 132 valence electrons. The average molecular weight is 357 g/mol. The van der Waals surface area contributed by atoms with Crippen molar-refractivity contribution < 1.29 is 18.0 Å². The van der Waals surface area contributed by atoms with Gasteiger partial charge in [-0.1, -0.05) is 18.2 Å². The summed E-state index contributed by atoms with van der Waals surface area (Å²) in [6.45, 7) is 1.83. The lowest BCUT2D eigenvalue weighted by molar-refractivity contribution is 0.102. The third-order valence-electron chi connectivity index (χ3n) is 3.71. The summed E-state index contributed by atoms with van der Waals surface area (Å²) in [4.78, 5) is 16.3. The highest BCUT2D eigenvalue weighted by Gasteiger charge is 2.14. The molecule has 4 nitrogen and oxygen atoms in total. The van der Waals surface area contributed by atoms with E-state index >= 15 is 0 Å². The van der Waals surface area contributed by atoms with Gasteiger partial charge in [-0.25, -0.2) is 18.2 Å². The second kappa shape index (κ2) is 7.26. The number of anilines is 3. The molecule has 1 aromatic heterocycles. The van der Waals surface area contributed by atoms with Crippen LogP contribution in [0.5, 0.6) is 0 Å². The third kappa shape index (κ3) is 3.66. The van der Waals surface area contributed by atoms with Crippen LogP contribution in [0.1, 0.15) is 15.9 Å². The molecule has 0 radical (unpaired) electrons. The lowest BCUT2D eigenvalue weighted by Gasteiger charge is -2.10. The Morgan fingerprint density at radius 2 is 1.73 bits per heavy atom. The third-order valence-corrected chi connectivity index (χ3v) is 3.71. The van der Waals surface area contributed by atoms with Crippen molar-refractivity contribution in [2.24, 2.45) is 0 Å². The smallest absolute Gasteiger partial charge is 0.257 e. The Balaban J connectivity index is 1.72. The highest BCUT2D eigenvalue weighted by Crippen LogP contribution is 2.23. The maximum Gasteiger partial charge on any atom is 0.257 e. The number of amides is 1. The number of nitrogens with one attached hydrogen (secondary N) is 2. The van der Waals surface area contributed by atoms with Crippen LogP contribution in [-0.2, 0) is 0 Å². The normalized spacial score (nSPS) is 10.5. The standard InChI is InChI=1S/C19H14F3N3O/c1-11-4-2-3-5-13(11)19(26)25-16-9-6-12(10-23-16)24-15-8-7-14(20)17(21)18(15)22/h2-10,24H,1H3,(H,23,25,26). The molecule has 0 aliphatic rings. The fraction of sp³-hybridized carbons (Fsp3) is 0.0526. The summed E-state index contributed by atoms with van der Waals surface area (Å²) in [6, 6.07) is 12.1. The van der Waals surface area contributed by atoms with E-state index in [1.165, 1.54) is 18.3 Å². The van der Waals surface area contributed by atoms with Gasteiger partial charge >= 0.3 is 0 Å². The van der Waals surface area contributed by atoms with Gasteiger partial charge in [-0.2, -0.15) is 0 Å². The zero-order chi connectivity index (χ0) is 18.7. The molecule has 0 bridgehead atoms. The minimum Gasteiger partial charge on any atom is -0.352 e. The molecule has 3 rings (SSSR count). The molecular formula is C19H14F3N3O. The van der Waals surface area contributed by atoms with Crippen LogP contribution in [0.3, 0.4) is 0 Å². The summed E-state index contributed by atoms with van der Waals surface area (Å²) in [7, 11) is 0. The van der Waals surface area contributed by atoms with Crippen LogP contribution in [-0.4, -0.2) is 10.9 Å². The molecule has 1 heterocycles. The highest BCUT2D eigenvalue weighted by atomic mass is 19.2. The Bertz CT molecular complexity index is 959. The zero-order valence-corrected chi connectivity index (χ0v) is 13.7. The molecule has 1 amide bonds. The Morgan fingerprint density at radius 1 is 0.962 bits per heavy atom. The first-order chi connectivity index (χ1) is 12.5. The van der Waals surface area contributed by atoms with E-state index in [1.54, 1.807) is 12.1 Å². The van der Waals surface area contributed by atoms with Crippen molar-refractivity contribution in [3.8, 4) is 0 Å². The Hall–Kier alpha value is -3.35. The minimum absolute atomic E-state index is 0.220. The number of benzene rings is 2.